The number of carbonyl (C=O) groups is 1. The van der Waals surface area contributed by atoms with Gasteiger partial charge in [0, 0.05) is 25.1 Å². The van der Waals surface area contributed by atoms with Crippen molar-refractivity contribution < 1.29 is 18.0 Å². The molecule has 0 aliphatic heterocycles. The van der Waals surface area contributed by atoms with Gasteiger partial charge in [0.05, 0.1) is 5.69 Å². The Balaban J connectivity index is 2.89. The van der Waals surface area contributed by atoms with Gasteiger partial charge in [-0.25, -0.2) is 13.2 Å². The lowest BCUT2D eigenvalue weighted by molar-refractivity contribution is -0.116. The summed E-state index contributed by atoms with van der Waals surface area (Å²) in [5, 5.41) is 2.02. The van der Waals surface area contributed by atoms with E-state index in [0.717, 1.165) is 0 Å². The number of nitrogens with one attached hydrogen (secondary N) is 1. The number of hydrogen-bond donors (Lipinski definition) is 2. The van der Waals surface area contributed by atoms with Crippen molar-refractivity contribution in [1.82, 2.24) is 0 Å². The van der Waals surface area contributed by atoms with Crippen LogP contribution in [0.5, 0.6) is 0 Å². The topological polar surface area (TPSA) is 55.1 Å². The lowest BCUT2D eigenvalue weighted by Gasteiger charge is -2.06. The third kappa shape index (κ3) is 2.95. The van der Waals surface area contributed by atoms with E-state index in [9.17, 15) is 18.0 Å². The molecule has 3 nitrogen and oxygen atoms in total. The van der Waals surface area contributed by atoms with E-state index in [1.807, 2.05) is 5.32 Å². The predicted octanol–water partition coefficient (Wildman–Crippen LogP) is 1.39. The Hall–Kier alpha value is -1.56. The molecule has 0 aromatic heterocycles. The maximum atomic E-state index is 13.0. The second-order valence-electron chi connectivity index (χ2n) is 2.84. The smallest absolute Gasteiger partial charge is 0.225 e. The highest BCUT2D eigenvalue weighted by Gasteiger charge is 2.12. The maximum absolute atomic E-state index is 13.0. The lowest BCUT2D eigenvalue weighted by atomic mass is 10.2. The van der Waals surface area contributed by atoms with Crippen LogP contribution in [-0.2, 0) is 4.79 Å². The minimum absolute atomic E-state index is 0.0441. The minimum atomic E-state index is -1.35. The zero-order valence-corrected chi connectivity index (χ0v) is 7.69. The first-order chi connectivity index (χ1) is 7.04. The molecule has 82 valence electrons. The van der Waals surface area contributed by atoms with E-state index in [1.54, 1.807) is 0 Å². The van der Waals surface area contributed by atoms with E-state index in [0.29, 0.717) is 12.1 Å². The van der Waals surface area contributed by atoms with E-state index >= 15 is 0 Å². The number of anilines is 1. The SMILES string of the molecule is NCCC(=O)Nc1cc(F)cc(F)c1F. The summed E-state index contributed by atoms with van der Waals surface area (Å²) in [5.74, 6) is -4.20. The molecule has 6 heteroatoms. The highest BCUT2D eigenvalue weighted by molar-refractivity contribution is 5.90. The van der Waals surface area contributed by atoms with E-state index in [1.165, 1.54) is 0 Å². The van der Waals surface area contributed by atoms with Gasteiger partial charge in [-0.2, -0.15) is 0 Å². The maximum Gasteiger partial charge on any atom is 0.225 e. The van der Waals surface area contributed by atoms with Crippen molar-refractivity contribution in [2.45, 2.75) is 6.42 Å². The number of amides is 1. The lowest BCUT2D eigenvalue weighted by Crippen LogP contribution is -2.17. The van der Waals surface area contributed by atoms with Crippen molar-refractivity contribution in [3.05, 3.63) is 29.6 Å². The second-order valence-corrected chi connectivity index (χ2v) is 2.84. The van der Waals surface area contributed by atoms with Crippen molar-refractivity contribution in [1.29, 1.82) is 0 Å². The summed E-state index contributed by atoms with van der Waals surface area (Å²) in [6.45, 7) is 0.0747. The Morgan fingerprint density at radius 3 is 2.60 bits per heavy atom. The fourth-order valence-corrected chi connectivity index (χ4v) is 0.991. The fraction of sp³-hybridized carbons (Fsp3) is 0.222. The summed E-state index contributed by atoms with van der Waals surface area (Å²) >= 11 is 0. The molecule has 1 amide bonds. The third-order valence-electron chi connectivity index (χ3n) is 1.64. The van der Waals surface area contributed by atoms with E-state index in [4.69, 9.17) is 5.73 Å². The van der Waals surface area contributed by atoms with Crippen molar-refractivity contribution in [2.24, 2.45) is 5.73 Å². The van der Waals surface area contributed by atoms with E-state index in [-0.39, 0.29) is 13.0 Å². The van der Waals surface area contributed by atoms with Crippen molar-refractivity contribution in [2.75, 3.05) is 11.9 Å². The van der Waals surface area contributed by atoms with Gasteiger partial charge < -0.3 is 11.1 Å². The standard InChI is InChI=1S/C9H9F3N2O/c10-5-3-6(11)9(12)7(4-5)14-8(15)1-2-13/h3-4H,1-2,13H2,(H,14,15). The summed E-state index contributed by atoms with van der Waals surface area (Å²) in [5.41, 5.74) is 4.56. The van der Waals surface area contributed by atoms with Crippen LogP contribution in [0.3, 0.4) is 0 Å². The average molecular weight is 218 g/mol. The summed E-state index contributed by atoms with van der Waals surface area (Å²) in [6.07, 6.45) is -0.0441. The first-order valence-electron chi connectivity index (χ1n) is 4.19. The largest absolute Gasteiger partial charge is 0.330 e. The van der Waals surface area contributed by atoms with Gasteiger partial charge in [-0.05, 0) is 0 Å². The Kier molecular flexibility index (Phi) is 3.68. The number of hydrogen-bond acceptors (Lipinski definition) is 2. The van der Waals surface area contributed by atoms with Crippen LogP contribution in [0.4, 0.5) is 18.9 Å². The Labute approximate surface area is 84.1 Å². The Morgan fingerprint density at radius 1 is 1.33 bits per heavy atom. The molecule has 0 fully saturated rings. The predicted molar refractivity (Wildman–Crippen MR) is 48.6 cm³/mol. The van der Waals surface area contributed by atoms with Crippen LogP contribution in [0.1, 0.15) is 6.42 Å². The second kappa shape index (κ2) is 4.79. The van der Waals surface area contributed by atoms with Gasteiger partial charge in [0.1, 0.15) is 5.82 Å². The normalized spacial score (nSPS) is 10.1. The molecule has 0 heterocycles. The molecule has 0 spiro atoms. The van der Waals surface area contributed by atoms with E-state index in [2.05, 4.69) is 0 Å². The van der Waals surface area contributed by atoms with Crippen molar-refractivity contribution in [3.63, 3.8) is 0 Å². The molecule has 1 aromatic rings. The average Bonchev–Trinajstić information content (AvgIpc) is 2.13. The molecule has 0 radical (unpaired) electrons. The zero-order chi connectivity index (χ0) is 11.4. The summed E-state index contributed by atoms with van der Waals surface area (Å²) in [7, 11) is 0. The van der Waals surface area contributed by atoms with Gasteiger partial charge in [0.15, 0.2) is 11.6 Å². The molecular weight excluding hydrogens is 209 g/mol. The Bertz CT molecular complexity index is 382. The summed E-state index contributed by atoms with van der Waals surface area (Å²) in [4.78, 5) is 11.0. The molecular formula is C9H9F3N2O. The molecule has 0 bridgehead atoms. The quantitative estimate of drug-likeness (QED) is 0.753. The molecule has 15 heavy (non-hydrogen) atoms. The number of rotatable bonds is 3. The third-order valence-corrected chi connectivity index (χ3v) is 1.64. The van der Waals surface area contributed by atoms with Crippen LogP contribution >= 0.6 is 0 Å². The van der Waals surface area contributed by atoms with Crippen LogP contribution in [0, 0.1) is 17.5 Å². The highest BCUT2D eigenvalue weighted by Crippen LogP contribution is 2.19. The van der Waals surface area contributed by atoms with Crippen molar-refractivity contribution >= 4 is 11.6 Å². The van der Waals surface area contributed by atoms with Crippen LogP contribution in [-0.4, -0.2) is 12.5 Å². The monoisotopic (exact) mass is 218 g/mol. The molecule has 0 unspecified atom stereocenters. The molecule has 0 aliphatic carbocycles. The van der Waals surface area contributed by atoms with Gasteiger partial charge in [-0.1, -0.05) is 0 Å². The van der Waals surface area contributed by atoms with Gasteiger partial charge in [0.2, 0.25) is 5.91 Å². The van der Waals surface area contributed by atoms with Crippen LogP contribution < -0.4 is 11.1 Å². The van der Waals surface area contributed by atoms with Crippen molar-refractivity contribution in [3.8, 4) is 0 Å². The summed E-state index contributed by atoms with van der Waals surface area (Å²) < 4.78 is 38.3. The van der Waals surface area contributed by atoms with E-state index < -0.39 is 29.0 Å². The number of halogens is 3. The zero-order valence-electron chi connectivity index (χ0n) is 7.69. The molecule has 1 aromatic carbocycles. The van der Waals surface area contributed by atoms with Crippen LogP contribution in [0.15, 0.2) is 12.1 Å². The summed E-state index contributed by atoms with van der Waals surface area (Å²) in [6, 6.07) is 1.10. The molecule has 0 saturated carbocycles. The first-order valence-corrected chi connectivity index (χ1v) is 4.19. The highest BCUT2D eigenvalue weighted by atomic mass is 19.2. The first kappa shape index (κ1) is 11.5. The number of carbonyl (C=O) groups excluding carboxylic acids is 1. The number of nitrogens with two attached hydrogens (primary N) is 1. The molecule has 1 rings (SSSR count). The molecule has 0 aliphatic rings. The molecule has 0 atom stereocenters. The van der Waals surface area contributed by atoms with Gasteiger partial charge >= 0.3 is 0 Å². The molecule has 3 N–H and O–H groups in total. The van der Waals surface area contributed by atoms with Gasteiger partial charge in [-0.3, -0.25) is 4.79 Å². The van der Waals surface area contributed by atoms with Gasteiger partial charge in [0.25, 0.3) is 0 Å². The van der Waals surface area contributed by atoms with Gasteiger partial charge in [-0.15, -0.1) is 0 Å². The minimum Gasteiger partial charge on any atom is -0.330 e. The number of benzene rings is 1. The van der Waals surface area contributed by atoms with Crippen LogP contribution in [0.25, 0.3) is 0 Å². The van der Waals surface area contributed by atoms with Crippen LogP contribution in [0.2, 0.25) is 0 Å². The molecule has 0 saturated heterocycles. The fourth-order valence-electron chi connectivity index (χ4n) is 0.991. The Morgan fingerprint density at radius 2 is 2.00 bits per heavy atom.